The Balaban J connectivity index is 3.31. The van der Waals surface area contributed by atoms with Crippen molar-refractivity contribution in [2.24, 2.45) is 0 Å². The van der Waals surface area contributed by atoms with Crippen LogP contribution in [-0.2, 0) is 15.7 Å². The molecule has 5 nitrogen and oxygen atoms in total. The van der Waals surface area contributed by atoms with Gasteiger partial charge in [0.25, 0.3) is 0 Å². The largest absolute Gasteiger partial charge is 0.462 e. The van der Waals surface area contributed by atoms with E-state index in [1.54, 1.807) is 43.4 Å². The van der Waals surface area contributed by atoms with E-state index in [9.17, 15) is 22.8 Å². The molecule has 24 heavy (non-hydrogen) atoms. The average Bonchev–Trinajstić information content (AvgIpc) is 2.37. The Morgan fingerprint density at radius 1 is 1.21 bits per heavy atom. The maximum absolute atomic E-state index is 12.9. The van der Waals surface area contributed by atoms with Gasteiger partial charge in [0.15, 0.2) is 0 Å². The van der Waals surface area contributed by atoms with Crippen LogP contribution in [0.5, 0.6) is 0 Å². The molecule has 1 rings (SSSR count). The lowest BCUT2D eigenvalue weighted by molar-refractivity contribution is -0.137. The summed E-state index contributed by atoms with van der Waals surface area (Å²) in [6.45, 7) is 6.42. The fraction of sp³-hybridized carbons (Fsp3) is 0.467. The fourth-order valence-corrected chi connectivity index (χ4v) is 2.43. The third-order valence-corrected chi connectivity index (χ3v) is 3.39. The minimum Gasteiger partial charge on any atom is -0.462 e. The predicted octanol–water partition coefficient (Wildman–Crippen LogP) is 4.83. The third-order valence-electron chi connectivity index (χ3n) is 2.54. The van der Waals surface area contributed by atoms with E-state index in [4.69, 9.17) is 9.47 Å². The molecule has 1 aromatic rings. The Kier molecular flexibility index (Phi) is 6.48. The Morgan fingerprint density at radius 2 is 1.79 bits per heavy atom. The molecule has 9 heteroatoms. The highest BCUT2D eigenvalue weighted by molar-refractivity contribution is 14.1. The van der Waals surface area contributed by atoms with Crippen molar-refractivity contribution in [3.63, 3.8) is 0 Å². The van der Waals surface area contributed by atoms with E-state index >= 15 is 0 Å². The van der Waals surface area contributed by atoms with Crippen LogP contribution in [0, 0.1) is 3.57 Å². The van der Waals surface area contributed by atoms with Gasteiger partial charge in [-0.3, -0.25) is 5.32 Å². The summed E-state index contributed by atoms with van der Waals surface area (Å²) in [5, 5.41) is 2.32. The molecular formula is C15H17F3INO4. The van der Waals surface area contributed by atoms with Gasteiger partial charge in [0.1, 0.15) is 5.60 Å². The molecule has 1 aromatic carbocycles. The number of halogens is 4. The van der Waals surface area contributed by atoms with Gasteiger partial charge in [-0.05, 0) is 62.4 Å². The van der Waals surface area contributed by atoms with Gasteiger partial charge in [-0.2, -0.15) is 13.2 Å². The maximum Gasteiger partial charge on any atom is 0.416 e. The number of alkyl halides is 3. The van der Waals surface area contributed by atoms with Crippen LogP contribution >= 0.6 is 22.6 Å². The molecule has 0 saturated carbocycles. The Bertz CT molecular complexity index is 639. The summed E-state index contributed by atoms with van der Waals surface area (Å²) in [6, 6.07) is 1.48. The van der Waals surface area contributed by atoms with E-state index in [-0.39, 0.29) is 21.4 Å². The van der Waals surface area contributed by atoms with Crippen LogP contribution in [0.2, 0.25) is 0 Å². The standard InChI is InChI=1S/C15H17F3INO4/c1-5-23-12(21)9-6-8(15(16,17)18)7-10(19)11(9)20-13(22)24-14(2,3)4/h6-7H,5H2,1-4H3,(H,20,22). The van der Waals surface area contributed by atoms with Crippen molar-refractivity contribution in [2.75, 3.05) is 11.9 Å². The molecule has 1 N–H and O–H groups in total. The fourth-order valence-electron chi connectivity index (χ4n) is 1.67. The first kappa shape index (κ1) is 20.5. The Labute approximate surface area is 151 Å². The summed E-state index contributed by atoms with van der Waals surface area (Å²) in [7, 11) is 0. The summed E-state index contributed by atoms with van der Waals surface area (Å²) < 4.78 is 48.7. The molecule has 0 aliphatic heterocycles. The highest BCUT2D eigenvalue weighted by Crippen LogP contribution is 2.35. The van der Waals surface area contributed by atoms with Crippen molar-refractivity contribution in [1.29, 1.82) is 0 Å². The predicted molar refractivity (Wildman–Crippen MR) is 90.0 cm³/mol. The normalized spacial score (nSPS) is 11.8. The molecule has 0 radical (unpaired) electrons. The van der Waals surface area contributed by atoms with Crippen LogP contribution in [0.25, 0.3) is 0 Å². The zero-order valence-corrected chi connectivity index (χ0v) is 15.7. The van der Waals surface area contributed by atoms with Crippen LogP contribution in [0.15, 0.2) is 12.1 Å². The van der Waals surface area contributed by atoms with E-state index in [0.29, 0.717) is 6.07 Å². The van der Waals surface area contributed by atoms with E-state index < -0.39 is 29.4 Å². The molecule has 0 unspecified atom stereocenters. The number of hydrogen-bond acceptors (Lipinski definition) is 4. The lowest BCUT2D eigenvalue weighted by Gasteiger charge is -2.21. The molecule has 0 atom stereocenters. The molecule has 0 spiro atoms. The summed E-state index contributed by atoms with van der Waals surface area (Å²) in [6.07, 6.45) is -5.52. The molecule has 0 aromatic heterocycles. The quantitative estimate of drug-likeness (QED) is 0.520. The second-order valence-corrected chi connectivity index (χ2v) is 6.89. The number of anilines is 1. The van der Waals surface area contributed by atoms with E-state index in [1.807, 2.05) is 0 Å². The van der Waals surface area contributed by atoms with Gasteiger partial charge in [0.2, 0.25) is 0 Å². The van der Waals surface area contributed by atoms with Crippen LogP contribution in [0.3, 0.4) is 0 Å². The van der Waals surface area contributed by atoms with Crippen LogP contribution in [-0.4, -0.2) is 24.3 Å². The van der Waals surface area contributed by atoms with Crippen molar-refractivity contribution >= 4 is 40.3 Å². The third kappa shape index (κ3) is 5.84. The Hall–Kier alpha value is -1.52. The zero-order valence-electron chi connectivity index (χ0n) is 13.5. The van der Waals surface area contributed by atoms with Gasteiger partial charge in [0, 0.05) is 3.57 Å². The first-order valence-corrected chi connectivity index (χ1v) is 8.01. The molecule has 0 saturated heterocycles. The average molecular weight is 459 g/mol. The minimum atomic E-state index is -4.63. The second kappa shape index (κ2) is 7.58. The SMILES string of the molecule is CCOC(=O)c1cc(C(F)(F)F)cc(I)c1NC(=O)OC(C)(C)C. The first-order chi connectivity index (χ1) is 10.8. The van der Waals surface area contributed by atoms with Gasteiger partial charge < -0.3 is 9.47 Å². The molecular weight excluding hydrogens is 442 g/mol. The number of esters is 1. The molecule has 0 fully saturated rings. The van der Waals surface area contributed by atoms with Crippen LogP contribution in [0.4, 0.5) is 23.7 Å². The lowest BCUT2D eigenvalue weighted by atomic mass is 10.1. The van der Waals surface area contributed by atoms with Crippen molar-refractivity contribution < 1.29 is 32.2 Å². The number of carbonyl (C=O) groups is 2. The molecule has 1 amide bonds. The number of nitrogens with one attached hydrogen (secondary N) is 1. The number of benzene rings is 1. The minimum absolute atomic E-state index is 0.0163. The van der Waals surface area contributed by atoms with Crippen LogP contribution < -0.4 is 5.32 Å². The number of amides is 1. The van der Waals surface area contributed by atoms with Crippen molar-refractivity contribution in [2.45, 2.75) is 39.5 Å². The van der Waals surface area contributed by atoms with Gasteiger partial charge in [-0.15, -0.1) is 0 Å². The van der Waals surface area contributed by atoms with Crippen molar-refractivity contribution in [3.8, 4) is 0 Å². The molecule has 0 aliphatic carbocycles. The van der Waals surface area contributed by atoms with E-state index in [1.165, 1.54) is 6.92 Å². The summed E-state index contributed by atoms with van der Waals surface area (Å²) in [5.74, 6) is -0.965. The zero-order chi connectivity index (χ0) is 18.7. The lowest BCUT2D eigenvalue weighted by Crippen LogP contribution is -2.28. The summed E-state index contributed by atoms with van der Waals surface area (Å²) >= 11 is 1.61. The van der Waals surface area contributed by atoms with Crippen molar-refractivity contribution in [1.82, 2.24) is 0 Å². The van der Waals surface area contributed by atoms with Crippen LogP contribution in [0.1, 0.15) is 43.6 Å². The second-order valence-electron chi connectivity index (χ2n) is 5.73. The van der Waals surface area contributed by atoms with Gasteiger partial charge >= 0.3 is 18.2 Å². The highest BCUT2D eigenvalue weighted by Gasteiger charge is 2.33. The smallest absolute Gasteiger partial charge is 0.416 e. The number of rotatable bonds is 3. The maximum atomic E-state index is 12.9. The molecule has 0 heterocycles. The van der Waals surface area contributed by atoms with Gasteiger partial charge in [-0.25, -0.2) is 9.59 Å². The highest BCUT2D eigenvalue weighted by atomic mass is 127. The molecule has 0 bridgehead atoms. The van der Waals surface area contributed by atoms with E-state index in [0.717, 1.165) is 6.07 Å². The first-order valence-electron chi connectivity index (χ1n) is 6.93. The molecule has 0 aliphatic rings. The number of carbonyl (C=O) groups excluding carboxylic acids is 2. The molecule has 134 valence electrons. The van der Waals surface area contributed by atoms with Gasteiger partial charge in [0.05, 0.1) is 23.4 Å². The Morgan fingerprint density at radius 3 is 2.25 bits per heavy atom. The number of ether oxygens (including phenoxy) is 2. The summed E-state index contributed by atoms with van der Waals surface area (Å²) in [4.78, 5) is 23.9. The number of hydrogen-bond donors (Lipinski definition) is 1. The van der Waals surface area contributed by atoms with E-state index in [2.05, 4.69) is 5.32 Å². The van der Waals surface area contributed by atoms with Crippen molar-refractivity contribution in [3.05, 3.63) is 26.8 Å². The monoisotopic (exact) mass is 459 g/mol. The topological polar surface area (TPSA) is 64.6 Å². The van der Waals surface area contributed by atoms with Gasteiger partial charge in [-0.1, -0.05) is 0 Å². The summed E-state index contributed by atoms with van der Waals surface area (Å²) in [5.41, 5.74) is -2.28.